The van der Waals surface area contributed by atoms with Crippen LogP contribution in [-0.4, -0.2) is 41.7 Å². The van der Waals surface area contributed by atoms with Gasteiger partial charge >= 0.3 is 0 Å². The highest BCUT2D eigenvalue weighted by Gasteiger charge is 2.19. The number of hydrogen-bond donors (Lipinski definition) is 2. The highest BCUT2D eigenvalue weighted by molar-refractivity contribution is 5.42. The third-order valence-corrected chi connectivity index (χ3v) is 3.35. The van der Waals surface area contributed by atoms with Gasteiger partial charge in [-0.25, -0.2) is 0 Å². The zero-order valence-electron chi connectivity index (χ0n) is 10.4. The fraction of sp³-hybridized carbons (Fsp3) is 0.615. The largest absolute Gasteiger partial charge is 0.396 e. The van der Waals surface area contributed by atoms with Crippen molar-refractivity contribution in [3.63, 3.8) is 0 Å². The van der Waals surface area contributed by atoms with E-state index in [4.69, 9.17) is 0 Å². The molecule has 2 rings (SSSR count). The molecule has 1 aromatic rings. The van der Waals surface area contributed by atoms with E-state index in [0.717, 1.165) is 37.4 Å². The molecular weight excluding hydrogens is 214 g/mol. The molecule has 2 heterocycles. The summed E-state index contributed by atoms with van der Waals surface area (Å²) < 4.78 is 0. The van der Waals surface area contributed by atoms with E-state index in [1.165, 1.54) is 6.42 Å². The predicted octanol–water partition coefficient (Wildman–Crippen LogP) is 1.33. The molecular formula is C13H21N3O. The Kier molecular flexibility index (Phi) is 4.34. The molecule has 2 N–H and O–H groups in total. The molecule has 0 radical (unpaired) electrons. The first-order valence-corrected chi connectivity index (χ1v) is 6.27. The maximum Gasteiger partial charge on any atom is 0.0564 e. The molecule has 4 nitrogen and oxygen atoms in total. The average Bonchev–Trinajstić information content (AvgIpc) is 2.39. The smallest absolute Gasteiger partial charge is 0.0564 e. The Labute approximate surface area is 103 Å². The summed E-state index contributed by atoms with van der Waals surface area (Å²) in [5, 5.41) is 12.3. The Morgan fingerprint density at radius 3 is 3.24 bits per heavy atom. The lowest BCUT2D eigenvalue weighted by Crippen LogP contribution is -2.36. The Morgan fingerprint density at radius 1 is 1.59 bits per heavy atom. The number of pyridine rings is 1. The first-order valence-electron chi connectivity index (χ1n) is 6.27. The third-order valence-electron chi connectivity index (χ3n) is 3.35. The van der Waals surface area contributed by atoms with E-state index < -0.39 is 0 Å². The lowest BCUT2D eigenvalue weighted by atomic mass is 9.99. The van der Waals surface area contributed by atoms with Gasteiger partial charge in [0, 0.05) is 38.6 Å². The van der Waals surface area contributed by atoms with Crippen molar-refractivity contribution in [1.29, 1.82) is 0 Å². The van der Waals surface area contributed by atoms with E-state index in [2.05, 4.69) is 21.3 Å². The summed E-state index contributed by atoms with van der Waals surface area (Å²) >= 11 is 0. The maximum absolute atomic E-state index is 9.20. The second-order valence-corrected chi connectivity index (χ2v) is 4.71. The first kappa shape index (κ1) is 12.3. The molecule has 0 bridgehead atoms. The van der Waals surface area contributed by atoms with E-state index in [0.29, 0.717) is 12.5 Å². The van der Waals surface area contributed by atoms with Crippen LogP contribution in [0.4, 0.5) is 5.69 Å². The molecule has 17 heavy (non-hydrogen) atoms. The molecule has 1 unspecified atom stereocenters. The molecule has 1 aliphatic rings. The Balaban J connectivity index is 1.95. The molecule has 1 atom stereocenters. The van der Waals surface area contributed by atoms with Crippen molar-refractivity contribution in [2.75, 3.05) is 32.1 Å². The van der Waals surface area contributed by atoms with Crippen molar-refractivity contribution in [2.24, 2.45) is 5.92 Å². The van der Waals surface area contributed by atoms with Gasteiger partial charge in [0.2, 0.25) is 0 Å². The third kappa shape index (κ3) is 3.41. The van der Waals surface area contributed by atoms with Crippen LogP contribution in [0, 0.1) is 5.92 Å². The van der Waals surface area contributed by atoms with Crippen LogP contribution >= 0.6 is 0 Å². The summed E-state index contributed by atoms with van der Waals surface area (Å²) in [6, 6.07) is 4.05. The molecule has 0 aromatic carbocycles. The maximum atomic E-state index is 9.20. The summed E-state index contributed by atoms with van der Waals surface area (Å²) in [5.41, 5.74) is 2.20. The van der Waals surface area contributed by atoms with Crippen LogP contribution in [0.5, 0.6) is 0 Å². The van der Waals surface area contributed by atoms with Crippen molar-refractivity contribution in [2.45, 2.75) is 19.4 Å². The molecule has 1 aliphatic heterocycles. The van der Waals surface area contributed by atoms with Crippen LogP contribution in [0.2, 0.25) is 0 Å². The number of aliphatic hydroxyl groups excluding tert-OH is 1. The molecule has 0 aliphatic carbocycles. The lowest BCUT2D eigenvalue weighted by molar-refractivity contribution is 0.115. The van der Waals surface area contributed by atoms with Gasteiger partial charge in [-0.2, -0.15) is 0 Å². The van der Waals surface area contributed by atoms with E-state index in [-0.39, 0.29) is 0 Å². The molecule has 0 spiro atoms. The highest BCUT2D eigenvalue weighted by Crippen LogP contribution is 2.18. The second kappa shape index (κ2) is 5.98. The number of nitrogens with zero attached hydrogens (tertiary/aromatic N) is 2. The van der Waals surface area contributed by atoms with Crippen molar-refractivity contribution in [1.82, 2.24) is 9.88 Å². The van der Waals surface area contributed by atoms with Crippen LogP contribution in [0.1, 0.15) is 18.5 Å². The predicted molar refractivity (Wildman–Crippen MR) is 68.9 cm³/mol. The number of rotatable bonds is 4. The average molecular weight is 235 g/mol. The number of aromatic nitrogens is 1. The summed E-state index contributed by atoms with van der Waals surface area (Å²) in [5.74, 6) is 0.441. The summed E-state index contributed by atoms with van der Waals surface area (Å²) in [7, 11) is 1.92. The van der Waals surface area contributed by atoms with Gasteiger partial charge in [0.1, 0.15) is 0 Å². The molecule has 0 amide bonds. The van der Waals surface area contributed by atoms with Gasteiger partial charge in [0.25, 0.3) is 0 Å². The van der Waals surface area contributed by atoms with Crippen LogP contribution in [0.15, 0.2) is 18.3 Å². The van der Waals surface area contributed by atoms with Gasteiger partial charge in [-0.15, -0.1) is 0 Å². The Bertz CT molecular complexity index is 356. The topological polar surface area (TPSA) is 48.4 Å². The van der Waals surface area contributed by atoms with Gasteiger partial charge < -0.3 is 10.4 Å². The first-order chi connectivity index (χ1) is 8.31. The van der Waals surface area contributed by atoms with Gasteiger partial charge in [-0.1, -0.05) is 0 Å². The van der Waals surface area contributed by atoms with E-state index in [9.17, 15) is 5.11 Å². The zero-order valence-corrected chi connectivity index (χ0v) is 10.4. The standard InChI is InChI=1S/C13H21N3O/c1-14-12-4-5-15-13(7-12)9-16-6-2-3-11(8-16)10-17/h4-5,7,11,17H,2-3,6,8-10H2,1H3,(H,14,15). The van der Waals surface area contributed by atoms with E-state index >= 15 is 0 Å². The fourth-order valence-corrected chi connectivity index (χ4v) is 2.39. The van der Waals surface area contributed by atoms with Crippen molar-refractivity contribution < 1.29 is 5.11 Å². The number of likely N-dealkylation sites (tertiary alicyclic amines) is 1. The fourth-order valence-electron chi connectivity index (χ4n) is 2.39. The summed E-state index contributed by atoms with van der Waals surface area (Å²) in [6.07, 6.45) is 4.17. The number of hydrogen-bond acceptors (Lipinski definition) is 4. The number of anilines is 1. The quantitative estimate of drug-likeness (QED) is 0.826. The van der Waals surface area contributed by atoms with Gasteiger partial charge in [0.15, 0.2) is 0 Å². The molecule has 1 aromatic heterocycles. The second-order valence-electron chi connectivity index (χ2n) is 4.71. The minimum Gasteiger partial charge on any atom is -0.396 e. The number of nitrogens with one attached hydrogen (secondary N) is 1. The summed E-state index contributed by atoms with van der Waals surface area (Å²) in [4.78, 5) is 6.77. The van der Waals surface area contributed by atoms with Crippen molar-refractivity contribution in [3.05, 3.63) is 24.0 Å². The van der Waals surface area contributed by atoms with E-state index in [1.807, 2.05) is 19.3 Å². The molecule has 0 saturated carbocycles. The lowest BCUT2D eigenvalue weighted by Gasteiger charge is -2.31. The van der Waals surface area contributed by atoms with Crippen LogP contribution in [0.25, 0.3) is 0 Å². The SMILES string of the molecule is CNc1ccnc(CN2CCCC(CO)C2)c1. The number of aliphatic hydroxyl groups is 1. The molecule has 4 heteroatoms. The monoisotopic (exact) mass is 235 g/mol. The van der Waals surface area contributed by atoms with Crippen molar-refractivity contribution >= 4 is 5.69 Å². The van der Waals surface area contributed by atoms with Gasteiger partial charge in [-0.05, 0) is 37.4 Å². The number of piperidine rings is 1. The Morgan fingerprint density at radius 2 is 2.47 bits per heavy atom. The van der Waals surface area contributed by atoms with Gasteiger partial charge in [-0.3, -0.25) is 9.88 Å². The van der Waals surface area contributed by atoms with Crippen LogP contribution in [-0.2, 0) is 6.54 Å². The highest BCUT2D eigenvalue weighted by atomic mass is 16.3. The molecule has 1 saturated heterocycles. The minimum atomic E-state index is 0.306. The molecule has 1 fully saturated rings. The summed E-state index contributed by atoms with van der Waals surface area (Å²) in [6.45, 7) is 3.29. The molecule has 94 valence electrons. The van der Waals surface area contributed by atoms with Gasteiger partial charge in [0.05, 0.1) is 5.69 Å². The van der Waals surface area contributed by atoms with Crippen molar-refractivity contribution in [3.8, 4) is 0 Å². The normalized spacial score (nSPS) is 21.4. The minimum absolute atomic E-state index is 0.306. The van der Waals surface area contributed by atoms with E-state index in [1.54, 1.807) is 0 Å². The van der Waals surface area contributed by atoms with Crippen LogP contribution in [0.3, 0.4) is 0 Å². The van der Waals surface area contributed by atoms with Crippen LogP contribution < -0.4 is 5.32 Å². The zero-order chi connectivity index (χ0) is 12.1. The Hall–Kier alpha value is -1.13.